The van der Waals surface area contributed by atoms with Crippen LogP contribution < -0.4 is 0 Å². The van der Waals surface area contributed by atoms with Crippen LogP contribution in [0.1, 0.15) is 27.2 Å². The second-order valence-corrected chi connectivity index (χ2v) is 3.79. The second-order valence-electron chi connectivity index (χ2n) is 3.79. The molecule has 0 aromatic carbocycles. The Bertz CT molecular complexity index is 217. The Morgan fingerprint density at radius 3 is 2.12 bits per heavy atom. The molecule has 0 aromatic rings. The summed E-state index contributed by atoms with van der Waals surface area (Å²) in [6.07, 6.45) is 2.57. The van der Waals surface area contributed by atoms with Crippen LogP contribution in [-0.4, -0.2) is 56.7 Å². The lowest BCUT2D eigenvalue weighted by Crippen LogP contribution is -2.42. The maximum absolute atomic E-state index is 5.65. The van der Waals surface area contributed by atoms with E-state index in [2.05, 4.69) is 9.89 Å². The summed E-state index contributed by atoms with van der Waals surface area (Å²) in [7, 11) is 0. The summed E-state index contributed by atoms with van der Waals surface area (Å²) in [6, 6.07) is 0. The van der Waals surface area contributed by atoms with Gasteiger partial charge < -0.3 is 19.1 Å². The largest absolute Gasteiger partial charge is 0.361 e. The van der Waals surface area contributed by atoms with Crippen molar-refractivity contribution in [3.05, 3.63) is 0 Å². The highest BCUT2D eigenvalue weighted by Gasteiger charge is 2.32. The van der Waals surface area contributed by atoms with Gasteiger partial charge in [-0.3, -0.25) is 4.99 Å². The molecule has 1 aliphatic rings. The van der Waals surface area contributed by atoms with Crippen molar-refractivity contribution in [3.8, 4) is 0 Å². The van der Waals surface area contributed by atoms with Gasteiger partial charge in [0.15, 0.2) is 0 Å². The van der Waals surface area contributed by atoms with E-state index in [4.69, 9.17) is 14.2 Å². The van der Waals surface area contributed by atoms with E-state index < -0.39 is 5.97 Å². The van der Waals surface area contributed by atoms with Crippen molar-refractivity contribution in [1.29, 1.82) is 0 Å². The normalized spacial score (nSPS) is 15.8. The minimum absolute atomic E-state index is 0.577. The molecule has 1 aliphatic heterocycles. The third kappa shape index (κ3) is 4.61. The zero-order chi connectivity index (χ0) is 12.6. The van der Waals surface area contributed by atoms with Gasteiger partial charge in [0, 0.05) is 39.3 Å². The minimum Gasteiger partial charge on any atom is -0.361 e. The van der Waals surface area contributed by atoms with Crippen LogP contribution in [0.25, 0.3) is 0 Å². The van der Waals surface area contributed by atoms with Gasteiger partial charge in [0.05, 0.1) is 12.9 Å². The minimum atomic E-state index is -0.894. The first-order valence-corrected chi connectivity index (χ1v) is 6.42. The van der Waals surface area contributed by atoms with Gasteiger partial charge in [-0.15, -0.1) is 0 Å². The highest BCUT2D eigenvalue weighted by atomic mass is 16.9. The summed E-state index contributed by atoms with van der Waals surface area (Å²) in [5.41, 5.74) is 0. The van der Waals surface area contributed by atoms with Crippen molar-refractivity contribution in [2.75, 3.05) is 39.5 Å². The molecule has 0 N–H and O–H groups in total. The van der Waals surface area contributed by atoms with E-state index >= 15 is 0 Å². The first-order chi connectivity index (χ1) is 8.26. The van der Waals surface area contributed by atoms with Crippen LogP contribution in [0.5, 0.6) is 0 Å². The number of nitrogens with zero attached hydrogens (tertiary/aromatic N) is 2. The summed E-state index contributed by atoms with van der Waals surface area (Å²) >= 11 is 0. The lowest BCUT2D eigenvalue weighted by molar-refractivity contribution is -0.379. The SMILES string of the molecule is CCOC(CCN1C=NCC1)(OCC)OCC. The average Bonchev–Trinajstić information content (AvgIpc) is 2.80. The number of aliphatic imine (C=N–C) groups is 1. The second kappa shape index (κ2) is 7.63. The van der Waals surface area contributed by atoms with Crippen molar-refractivity contribution >= 4 is 6.34 Å². The maximum atomic E-state index is 5.65. The average molecular weight is 244 g/mol. The van der Waals surface area contributed by atoms with Gasteiger partial charge in [0.2, 0.25) is 0 Å². The van der Waals surface area contributed by atoms with Gasteiger partial charge in [0.25, 0.3) is 5.97 Å². The monoisotopic (exact) mass is 244 g/mol. The maximum Gasteiger partial charge on any atom is 0.284 e. The first kappa shape index (κ1) is 14.4. The van der Waals surface area contributed by atoms with Crippen LogP contribution in [-0.2, 0) is 14.2 Å². The van der Waals surface area contributed by atoms with Crippen molar-refractivity contribution in [3.63, 3.8) is 0 Å². The molecule has 0 fully saturated rings. The van der Waals surface area contributed by atoms with Gasteiger partial charge in [-0.25, -0.2) is 0 Å². The Kier molecular flexibility index (Phi) is 6.47. The van der Waals surface area contributed by atoms with Crippen molar-refractivity contribution < 1.29 is 14.2 Å². The van der Waals surface area contributed by atoms with Crippen LogP contribution in [0, 0.1) is 0 Å². The molecule has 0 aliphatic carbocycles. The van der Waals surface area contributed by atoms with E-state index in [1.54, 1.807) is 0 Å². The number of ether oxygens (including phenoxy) is 3. The van der Waals surface area contributed by atoms with Gasteiger partial charge in [-0.2, -0.15) is 0 Å². The van der Waals surface area contributed by atoms with Gasteiger partial charge in [-0.05, 0) is 20.8 Å². The molecule has 0 saturated heterocycles. The van der Waals surface area contributed by atoms with E-state index in [-0.39, 0.29) is 0 Å². The van der Waals surface area contributed by atoms with E-state index in [9.17, 15) is 0 Å². The Balaban J connectivity index is 2.49. The molecular weight excluding hydrogens is 220 g/mol. The molecule has 0 spiro atoms. The highest BCUT2D eigenvalue weighted by Crippen LogP contribution is 2.21. The van der Waals surface area contributed by atoms with Crippen molar-refractivity contribution in [1.82, 2.24) is 4.90 Å². The summed E-state index contributed by atoms with van der Waals surface area (Å²) in [4.78, 5) is 6.34. The molecule has 1 rings (SSSR count). The smallest absolute Gasteiger partial charge is 0.284 e. The van der Waals surface area contributed by atoms with Crippen molar-refractivity contribution in [2.24, 2.45) is 4.99 Å². The molecule has 0 unspecified atom stereocenters. The van der Waals surface area contributed by atoms with Crippen LogP contribution in [0.3, 0.4) is 0 Å². The zero-order valence-corrected chi connectivity index (χ0v) is 11.1. The fourth-order valence-electron chi connectivity index (χ4n) is 1.87. The summed E-state index contributed by atoms with van der Waals surface area (Å²) in [6.45, 7) is 10.3. The number of hydrogen-bond acceptors (Lipinski definition) is 5. The van der Waals surface area contributed by atoms with E-state index in [1.807, 2.05) is 27.1 Å². The summed E-state index contributed by atoms with van der Waals surface area (Å²) < 4.78 is 17.0. The van der Waals surface area contributed by atoms with Gasteiger partial charge in [0.1, 0.15) is 0 Å². The fourth-order valence-corrected chi connectivity index (χ4v) is 1.87. The molecule has 0 atom stereocenters. The molecule has 0 saturated carbocycles. The van der Waals surface area contributed by atoms with Gasteiger partial charge >= 0.3 is 0 Å². The highest BCUT2D eigenvalue weighted by molar-refractivity contribution is 5.56. The molecule has 0 amide bonds. The fraction of sp³-hybridized carbons (Fsp3) is 0.917. The molecular formula is C12H24N2O3. The van der Waals surface area contributed by atoms with E-state index in [0.29, 0.717) is 26.2 Å². The third-order valence-electron chi connectivity index (χ3n) is 2.56. The summed E-state index contributed by atoms with van der Waals surface area (Å²) in [5, 5.41) is 0. The van der Waals surface area contributed by atoms with Crippen LogP contribution >= 0.6 is 0 Å². The summed E-state index contributed by atoms with van der Waals surface area (Å²) in [5.74, 6) is -0.894. The Morgan fingerprint density at radius 2 is 1.71 bits per heavy atom. The van der Waals surface area contributed by atoms with Gasteiger partial charge in [-0.1, -0.05) is 0 Å². The zero-order valence-electron chi connectivity index (χ0n) is 11.1. The van der Waals surface area contributed by atoms with Crippen LogP contribution in [0.2, 0.25) is 0 Å². The van der Waals surface area contributed by atoms with Crippen LogP contribution in [0.4, 0.5) is 0 Å². The number of hydrogen-bond donors (Lipinski definition) is 0. The molecule has 1 heterocycles. The molecule has 100 valence electrons. The van der Waals surface area contributed by atoms with Crippen LogP contribution in [0.15, 0.2) is 4.99 Å². The molecule has 5 heteroatoms. The lowest BCUT2D eigenvalue weighted by atomic mass is 10.3. The molecule has 0 aromatic heterocycles. The molecule has 5 nitrogen and oxygen atoms in total. The predicted molar refractivity (Wildman–Crippen MR) is 67.2 cm³/mol. The van der Waals surface area contributed by atoms with E-state index in [1.165, 1.54) is 0 Å². The Hall–Kier alpha value is -0.650. The predicted octanol–water partition coefficient (Wildman–Crippen LogP) is 1.48. The van der Waals surface area contributed by atoms with Crippen molar-refractivity contribution in [2.45, 2.75) is 33.2 Å². The third-order valence-corrected chi connectivity index (χ3v) is 2.56. The van der Waals surface area contributed by atoms with E-state index in [0.717, 1.165) is 19.6 Å². The first-order valence-electron chi connectivity index (χ1n) is 6.42. The number of rotatable bonds is 9. The molecule has 0 radical (unpaired) electrons. The molecule has 0 bridgehead atoms. The Labute approximate surface area is 104 Å². The quantitative estimate of drug-likeness (QED) is 0.576. The standard InChI is InChI=1S/C12H24N2O3/c1-4-15-12(16-5-2,17-6-3)7-9-14-10-8-13-11-14/h11H,4-10H2,1-3H3. The topological polar surface area (TPSA) is 43.3 Å². The molecule has 17 heavy (non-hydrogen) atoms. The lowest BCUT2D eigenvalue weighted by Gasteiger charge is -2.33. The Morgan fingerprint density at radius 1 is 1.12 bits per heavy atom.